The van der Waals surface area contributed by atoms with Gasteiger partial charge in [0, 0.05) is 36.5 Å². The minimum atomic E-state index is -0.500. The number of hydrogen-bond acceptors (Lipinski definition) is 7. The number of carbonyl (C=O) groups excluding carboxylic acids is 2. The molecule has 2 amide bonds. The molecule has 0 radical (unpaired) electrons. The first-order valence-corrected chi connectivity index (χ1v) is 11.7. The molecule has 1 N–H and O–H groups in total. The lowest BCUT2D eigenvalue weighted by atomic mass is 9.93. The van der Waals surface area contributed by atoms with Crippen molar-refractivity contribution in [2.75, 3.05) is 6.54 Å². The molecular formula is C22H30N4O4S. The second-order valence-corrected chi connectivity index (χ2v) is 10.4. The highest BCUT2D eigenvalue weighted by molar-refractivity contribution is 7.18. The zero-order chi connectivity index (χ0) is 22.2. The van der Waals surface area contributed by atoms with Gasteiger partial charge in [0.05, 0.1) is 5.39 Å². The van der Waals surface area contributed by atoms with Crippen molar-refractivity contribution in [3.63, 3.8) is 0 Å². The van der Waals surface area contributed by atoms with Gasteiger partial charge in [-0.2, -0.15) is 0 Å². The molecule has 168 valence electrons. The van der Waals surface area contributed by atoms with Crippen LogP contribution in [-0.4, -0.2) is 51.2 Å². The van der Waals surface area contributed by atoms with Crippen LogP contribution in [0.2, 0.25) is 0 Å². The van der Waals surface area contributed by atoms with E-state index in [9.17, 15) is 9.59 Å². The zero-order valence-electron chi connectivity index (χ0n) is 18.6. The minimum absolute atomic E-state index is 0.0397. The van der Waals surface area contributed by atoms with Gasteiger partial charge in [0.1, 0.15) is 22.9 Å². The van der Waals surface area contributed by atoms with E-state index in [1.165, 1.54) is 4.88 Å². The average molecular weight is 447 g/mol. The molecule has 0 atom stereocenters. The zero-order valence-corrected chi connectivity index (χ0v) is 19.4. The SMILES string of the molecule is CC(=O)N1CCc2sc3ncnc(OC4CCC(NC(=O)OC(C)(C)C)CC4)c3c2C1. The van der Waals surface area contributed by atoms with E-state index in [0.717, 1.165) is 54.4 Å². The van der Waals surface area contributed by atoms with Gasteiger partial charge >= 0.3 is 6.09 Å². The number of nitrogens with zero attached hydrogens (tertiary/aromatic N) is 3. The van der Waals surface area contributed by atoms with Crippen molar-refractivity contribution in [3.8, 4) is 5.88 Å². The van der Waals surface area contributed by atoms with Crippen molar-refractivity contribution < 1.29 is 19.1 Å². The van der Waals surface area contributed by atoms with E-state index in [-0.39, 0.29) is 24.1 Å². The summed E-state index contributed by atoms with van der Waals surface area (Å²) in [7, 11) is 0. The van der Waals surface area contributed by atoms with Gasteiger partial charge in [-0.15, -0.1) is 11.3 Å². The van der Waals surface area contributed by atoms with Crippen molar-refractivity contribution >= 4 is 33.6 Å². The number of alkyl carbamates (subject to hydrolysis) is 1. The van der Waals surface area contributed by atoms with Crippen LogP contribution < -0.4 is 10.1 Å². The van der Waals surface area contributed by atoms with Gasteiger partial charge in [-0.05, 0) is 52.9 Å². The Morgan fingerprint density at radius 1 is 1.19 bits per heavy atom. The summed E-state index contributed by atoms with van der Waals surface area (Å²) in [6.45, 7) is 8.52. The van der Waals surface area contributed by atoms with Crippen molar-refractivity contribution in [3.05, 3.63) is 16.8 Å². The Labute approximate surface area is 186 Å². The van der Waals surface area contributed by atoms with Gasteiger partial charge < -0.3 is 19.7 Å². The van der Waals surface area contributed by atoms with Crippen molar-refractivity contribution in [1.29, 1.82) is 0 Å². The highest BCUT2D eigenvalue weighted by Crippen LogP contribution is 2.39. The van der Waals surface area contributed by atoms with Crippen LogP contribution in [-0.2, 0) is 22.5 Å². The average Bonchev–Trinajstić information content (AvgIpc) is 3.06. The lowest BCUT2D eigenvalue weighted by Gasteiger charge is -2.30. The Hall–Kier alpha value is -2.42. The van der Waals surface area contributed by atoms with E-state index in [4.69, 9.17) is 9.47 Å². The first-order valence-electron chi connectivity index (χ1n) is 10.9. The normalized spacial score (nSPS) is 21.5. The molecule has 3 heterocycles. The number of hydrogen-bond donors (Lipinski definition) is 1. The maximum atomic E-state index is 12.0. The van der Waals surface area contributed by atoms with Gasteiger partial charge in [0.25, 0.3) is 0 Å². The van der Waals surface area contributed by atoms with Gasteiger partial charge in [-0.3, -0.25) is 4.79 Å². The number of fused-ring (bicyclic) bond motifs is 3. The molecule has 2 aromatic heterocycles. The molecule has 0 aromatic carbocycles. The molecular weight excluding hydrogens is 416 g/mol. The van der Waals surface area contributed by atoms with E-state index >= 15 is 0 Å². The van der Waals surface area contributed by atoms with E-state index in [2.05, 4.69) is 15.3 Å². The fraction of sp³-hybridized carbons (Fsp3) is 0.636. The molecule has 0 saturated heterocycles. The summed E-state index contributed by atoms with van der Waals surface area (Å²) in [5.74, 6) is 0.691. The summed E-state index contributed by atoms with van der Waals surface area (Å²) in [6, 6.07) is 0.0955. The molecule has 4 rings (SSSR count). The van der Waals surface area contributed by atoms with Gasteiger partial charge in [-0.25, -0.2) is 14.8 Å². The van der Waals surface area contributed by atoms with Crippen LogP contribution in [0.25, 0.3) is 10.2 Å². The topological polar surface area (TPSA) is 93.7 Å². The molecule has 0 spiro atoms. The molecule has 0 unspecified atom stereocenters. The Balaban J connectivity index is 1.42. The molecule has 1 fully saturated rings. The Bertz CT molecular complexity index is 976. The molecule has 31 heavy (non-hydrogen) atoms. The van der Waals surface area contributed by atoms with Crippen LogP contribution >= 0.6 is 11.3 Å². The molecule has 2 aromatic rings. The van der Waals surface area contributed by atoms with Gasteiger partial charge in [0.15, 0.2) is 0 Å². The van der Waals surface area contributed by atoms with Crippen LogP contribution in [0.15, 0.2) is 6.33 Å². The fourth-order valence-electron chi connectivity index (χ4n) is 4.20. The predicted molar refractivity (Wildman–Crippen MR) is 118 cm³/mol. The number of amides is 2. The van der Waals surface area contributed by atoms with E-state index < -0.39 is 5.60 Å². The first-order chi connectivity index (χ1) is 14.7. The number of thiophene rings is 1. The third kappa shape index (κ3) is 5.08. The van der Waals surface area contributed by atoms with Crippen LogP contribution in [0.4, 0.5) is 4.79 Å². The molecule has 1 aliphatic heterocycles. The monoisotopic (exact) mass is 446 g/mol. The second kappa shape index (κ2) is 8.61. The molecule has 2 aliphatic rings. The van der Waals surface area contributed by atoms with Crippen LogP contribution in [0.3, 0.4) is 0 Å². The lowest BCUT2D eigenvalue weighted by molar-refractivity contribution is -0.129. The van der Waals surface area contributed by atoms with Crippen molar-refractivity contribution in [2.45, 2.75) is 84.1 Å². The van der Waals surface area contributed by atoms with Crippen molar-refractivity contribution in [2.24, 2.45) is 0 Å². The number of carbonyl (C=O) groups is 2. The quantitative estimate of drug-likeness (QED) is 0.771. The van der Waals surface area contributed by atoms with E-state index in [0.29, 0.717) is 12.4 Å². The lowest BCUT2D eigenvalue weighted by Crippen LogP contribution is -2.42. The number of ether oxygens (including phenoxy) is 2. The minimum Gasteiger partial charge on any atom is -0.474 e. The molecule has 9 heteroatoms. The third-order valence-electron chi connectivity index (χ3n) is 5.71. The van der Waals surface area contributed by atoms with Gasteiger partial charge in [0.2, 0.25) is 11.8 Å². The summed E-state index contributed by atoms with van der Waals surface area (Å²) in [5, 5.41) is 3.91. The Morgan fingerprint density at radius 2 is 1.94 bits per heavy atom. The highest BCUT2D eigenvalue weighted by Gasteiger charge is 2.29. The smallest absolute Gasteiger partial charge is 0.407 e. The van der Waals surface area contributed by atoms with E-state index in [1.807, 2.05) is 25.7 Å². The summed E-state index contributed by atoms with van der Waals surface area (Å²) < 4.78 is 11.7. The second-order valence-electron chi connectivity index (χ2n) is 9.29. The summed E-state index contributed by atoms with van der Waals surface area (Å²) in [5.41, 5.74) is 0.623. The maximum Gasteiger partial charge on any atom is 0.407 e. The number of rotatable bonds is 3. The standard InChI is InChI=1S/C22H30N4O4S/c1-13(27)26-10-9-17-16(11-26)18-19(23-12-24-20(18)31-17)29-15-7-5-14(6-8-15)25-21(28)30-22(2,3)4/h12,14-15H,5-11H2,1-4H3,(H,25,28). The summed E-state index contributed by atoms with van der Waals surface area (Å²) in [4.78, 5) is 36.8. The maximum absolute atomic E-state index is 12.0. The molecule has 1 aliphatic carbocycles. The largest absolute Gasteiger partial charge is 0.474 e. The van der Waals surface area contributed by atoms with Gasteiger partial charge in [-0.1, -0.05) is 0 Å². The Kier molecular flexibility index (Phi) is 6.05. The number of nitrogens with one attached hydrogen (secondary N) is 1. The molecule has 1 saturated carbocycles. The summed E-state index contributed by atoms with van der Waals surface area (Å²) in [6.07, 6.45) is 5.40. The third-order valence-corrected chi connectivity index (χ3v) is 6.91. The van der Waals surface area contributed by atoms with Crippen LogP contribution in [0.1, 0.15) is 63.8 Å². The molecule has 8 nitrogen and oxygen atoms in total. The Morgan fingerprint density at radius 3 is 2.61 bits per heavy atom. The summed E-state index contributed by atoms with van der Waals surface area (Å²) >= 11 is 1.67. The molecule has 0 bridgehead atoms. The number of aromatic nitrogens is 2. The van der Waals surface area contributed by atoms with E-state index in [1.54, 1.807) is 24.6 Å². The predicted octanol–water partition coefficient (Wildman–Crippen LogP) is 3.81. The van der Waals surface area contributed by atoms with Crippen molar-refractivity contribution in [1.82, 2.24) is 20.2 Å². The fourth-order valence-corrected chi connectivity index (χ4v) is 5.33. The van der Waals surface area contributed by atoms with Crippen LogP contribution in [0.5, 0.6) is 5.88 Å². The van der Waals surface area contributed by atoms with Crippen LogP contribution in [0, 0.1) is 0 Å². The highest BCUT2D eigenvalue weighted by atomic mass is 32.1. The first kappa shape index (κ1) is 21.8.